The summed E-state index contributed by atoms with van der Waals surface area (Å²) in [5, 5.41) is 0. The van der Waals surface area contributed by atoms with Gasteiger partial charge in [-0.25, -0.2) is 4.98 Å². The van der Waals surface area contributed by atoms with Crippen molar-refractivity contribution < 1.29 is 0 Å². The van der Waals surface area contributed by atoms with E-state index in [0.717, 1.165) is 33.9 Å². The molecule has 0 radical (unpaired) electrons. The summed E-state index contributed by atoms with van der Waals surface area (Å²) in [6.45, 7) is 4.57. The number of anilines is 1. The van der Waals surface area contributed by atoms with E-state index in [9.17, 15) is 0 Å². The third-order valence-electron chi connectivity index (χ3n) is 4.20. The van der Waals surface area contributed by atoms with Crippen LogP contribution >= 0.6 is 15.9 Å². The molecule has 1 fully saturated rings. The summed E-state index contributed by atoms with van der Waals surface area (Å²) in [6.07, 6.45) is 6.89. The van der Waals surface area contributed by atoms with E-state index in [1.54, 1.807) is 0 Å². The lowest BCUT2D eigenvalue weighted by molar-refractivity contribution is 0.618. The number of hydrogen-bond acceptors (Lipinski definition) is 2. The van der Waals surface area contributed by atoms with Gasteiger partial charge in [0.2, 0.25) is 0 Å². The number of imidazole rings is 1. The topological polar surface area (TPSA) is 43.8 Å². The summed E-state index contributed by atoms with van der Waals surface area (Å²) in [5.41, 5.74) is 8.32. The number of hydrogen-bond donors (Lipinski definition) is 1. The second-order valence-electron chi connectivity index (χ2n) is 5.56. The SMILES string of the molecule is C=CCn1c(C2CCCC2)nc(-c2ccccc2Br)c1N. The van der Waals surface area contributed by atoms with Crippen molar-refractivity contribution in [2.75, 3.05) is 5.73 Å². The van der Waals surface area contributed by atoms with Gasteiger partial charge in [0.1, 0.15) is 17.3 Å². The molecule has 0 saturated heterocycles. The number of halogens is 1. The minimum absolute atomic E-state index is 0.531. The van der Waals surface area contributed by atoms with Crippen molar-refractivity contribution >= 4 is 21.7 Å². The van der Waals surface area contributed by atoms with Gasteiger partial charge in [-0.05, 0) is 18.9 Å². The molecule has 0 amide bonds. The smallest absolute Gasteiger partial charge is 0.132 e. The highest BCUT2D eigenvalue weighted by atomic mass is 79.9. The Labute approximate surface area is 134 Å². The highest BCUT2D eigenvalue weighted by molar-refractivity contribution is 9.10. The van der Waals surface area contributed by atoms with Crippen molar-refractivity contribution in [1.29, 1.82) is 0 Å². The van der Waals surface area contributed by atoms with Crippen molar-refractivity contribution in [3.8, 4) is 11.3 Å². The molecule has 0 aliphatic heterocycles. The fourth-order valence-electron chi connectivity index (χ4n) is 3.15. The van der Waals surface area contributed by atoms with E-state index in [1.165, 1.54) is 25.7 Å². The monoisotopic (exact) mass is 345 g/mol. The van der Waals surface area contributed by atoms with E-state index < -0.39 is 0 Å². The van der Waals surface area contributed by atoms with Crippen LogP contribution in [0.2, 0.25) is 0 Å². The van der Waals surface area contributed by atoms with Crippen molar-refractivity contribution in [3.63, 3.8) is 0 Å². The molecule has 1 aromatic heterocycles. The van der Waals surface area contributed by atoms with Gasteiger partial charge >= 0.3 is 0 Å². The molecule has 3 rings (SSSR count). The molecule has 1 aromatic carbocycles. The summed E-state index contributed by atoms with van der Waals surface area (Å²) < 4.78 is 3.15. The normalized spacial score (nSPS) is 15.5. The first-order chi connectivity index (χ1) is 10.2. The first-order valence-corrected chi connectivity index (χ1v) is 8.23. The second kappa shape index (κ2) is 6.06. The van der Waals surface area contributed by atoms with Gasteiger partial charge < -0.3 is 10.3 Å². The third kappa shape index (κ3) is 2.64. The van der Waals surface area contributed by atoms with Crippen LogP contribution in [0.4, 0.5) is 5.82 Å². The molecule has 1 heterocycles. The van der Waals surface area contributed by atoms with E-state index in [4.69, 9.17) is 10.7 Å². The molecule has 1 aliphatic rings. The maximum atomic E-state index is 6.39. The molecule has 0 unspecified atom stereocenters. The molecule has 21 heavy (non-hydrogen) atoms. The Bertz CT molecular complexity index is 654. The molecule has 0 bridgehead atoms. The van der Waals surface area contributed by atoms with Gasteiger partial charge in [0, 0.05) is 22.5 Å². The van der Waals surface area contributed by atoms with Crippen LogP contribution in [0.1, 0.15) is 37.4 Å². The molecule has 2 N–H and O–H groups in total. The predicted octanol–water partition coefficient (Wildman–Crippen LogP) is 4.74. The van der Waals surface area contributed by atoms with E-state index >= 15 is 0 Å². The Morgan fingerprint density at radius 2 is 2.05 bits per heavy atom. The lowest BCUT2D eigenvalue weighted by atomic mass is 10.1. The number of allylic oxidation sites excluding steroid dienone is 1. The zero-order valence-corrected chi connectivity index (χ0v) is 13.6. The van der Waals surface area contributed by atoms with Gasteiger partial charge in [0.05, 0.1) is 0 Å². The molecular weight excluding hydrogens is 326 g/mol. The third-order valence-corrected chi connectivity index (χ3v) is 4.89. The quantitative estimate of drug-likeness (QED) is 0.813. The zero-order chi connectivity index (χ0) is 14.8. The highest BCUT2D eigenvalue weighted by Crippen LogP contribution is 2.39. The molecule has 1 aliphatic carbocycles. The predicted molar refractivity (Wildman–Crippen MR) is 91.2 cm³/mol. The van der Waals surface area contributed by atoms with Crippen molar-refractivity contribution in [1.82, 2.24) is 9.55 Å². The average molecular weight is 346 g/mol. The van der Waals surface area contributed by atoms with Crippen LogP contribution in [0.5, 0.6) is 0 Å². The van der Waals surface area contributed by atoms with Crippen LogP contribution in [0, 0.1) is 0 Å². The standard InChI is InChI=1S/C17H20BrN3/c1-2-11-21-16(19)15(13-9-5-6-10-14(13)18)20-17(21)12-7-3-4-8-12/h2,5-6,9-10,12H,1,3-4,7-8,11,19H2. The number of nitrogen functional groups attached to an aromatic ring is 1. The molecule has 2 aromatic rings. The van der Waals surface area contributed by atoms with Gasteiger partial charge in [-0.15, -0.1) is 6.58 Å². The molecule has 4 heteroatoms. The second-order valence-corrected chi connectivity index (χ2v) is 6.42. The number of benzene rings is 1. The van der Waals surface area contributed by atoms with Gasteiger partial charge in [0.15, 0.2) is 0 Å². The van der Waals surface area contributed by atoms with E-state index in [0.29, 0.717) is 5.92 Å². The maximum absolute atomic E-state index is 6.39. The highest BCUT2D eigenvalue weighted by Gasteiger charge is 2.25. The van der Waals surface area contributed by atoms with Crippen molar-refractivity contribution in [3.05, 3.63) is 47.2 Å². The molecule has 0 atom stereocenters. The van der Waals surface area contributed by atoms with Gasteiger partial charge in [-0.3, -0.25) is 0 Å². The molecule has 3 nitrogen and oxygen atoms in total. The number of nitrogens with zero attached hydrogens (tertiary/aromatic N) is 2. The van der Waals surface area contributed by atoms with Crippen molar-refractivity contribution in [2.45, 2.75) is 38.1 Å². The number of rotatable bonds is 4. The number of aromatic nitrogens is 2. The van der Waals surface area contributed by atoms with Gasteiger partial charge in [-0.2, -0.15) is 0 Å². The molecule has 1 saturated carbocycles. The Morgan fingerprint density at radius 1 is 1.33 bits per heavy atom. The van der Waals surface area contributed by atoms with Crippen LogP contribution in [-0.4, -0.2) is 9.55 Å². The van der Waals surface area contributed by atoms with Gasteiger partial charge in [-0.1, -0.05) is 53.0 Å². The lowest BCUT2D eigenvalue weighted by Gasteiger charge is -2.11. The summed E-state index contributed by atoms with van der Waals surface area (Å²) in [6, 6.07) is 8.10. The number of nitrogens with two attached hydrogens (primary N) is 1. The Balaban J connectivity index is 2.11. The Kier molecular flexibility index (Phi) is 4.15. The van der Waals surface area contributed by atoms with E-state index in [-0.39, 0.29) is 0 Å². The minimum Gasteiger partial charge on any atom is -0.383 e. The fourth-order valence-corrected chi connectivity index (χ4v) is 3.62. The maximum Gasteiger partial charge on any atom is 0.132 e. The van der Waals surface area contributed by atoms with Crippen LogP contribution in [-0.2, 0) is 6.54 Å². The first kappa shape index (κ1) is 14.4. The molecule has 110 valence electrons. The van der Waals surface area contributed by atoms with Crippen LogP contribution in [0.15, 0.2) is 41.4 Å². The van der Waals surface area contributed by atoms with Crippen LogP contribution < -0.4 is 5.73 Å². The lowest BCUT2D eigenvalue weighted by Crippen LogP contribution is -2.08. The first-order valence-electron chi connectivity index (χ1n) is 7.44. The minimum atomic E-state index is 0.531. The summed E-state index contributed by atoms with van der Waals surface area (Å²) >= 11 is 3.60. The Morgan fingerprint density at radius 3 is 2.71 bits per heavy atom. The molecule has 0 spiro atoms. The van der Waals surface area contributed by atoms with E-state index in [1.807, 2.05) is 24.3 Å². The fraction of sp³-hybridized carbons (Fsp3) is 0.353. The Hall–Kier alpha value is -1.55. The van der Waals surface area contributed by atoms with Gasteiger partial charge in [0.25, 0.3) is 0 Å². The molecular formula is C17H20BrN3. The summed E-state index contributed by atoms with van der Waals surface area (Å²) in [5.74, 6) is 2.39. The van der Waals surface area contributed by atoms with Crippen LogP contribution in [0.25, 0.3) is 11.3 Å². The van der Waals surface area contributed by atoms with E-state index in [2.05, 4.69) is 33.1 Å². The summed E-state index contributed by atoms with van der Waals surface area (Å²) in [7, 11) is 0. The summed E-state index contributed by atoms with van der Waals surface area (Å²) in [4.78, 5) is 4.90. The average Bonchev–Trinajstić information content (AvgIpc) is 3.10. The largest absolute Gasteiger partial charge is 0.383 e. The zero-order valence-electron chi connectivity index (χ0n) is 12.1. The van der Waals surface area contributed by atoms with Crippen LogP contribution in [0.3, 0.4) is 0 Å². The van der Waals surface area contributed by atoms with Crippen molar-refractivity contribution in [2.24, 2.45) is 0 Å².